The van der Waals surface area contributed by atoms with Crippen LogP contribution in [-0.4, -0.2) is 9.55 Å². The molecule has 1 N–H and O–H groups in total. The molecular weight excluding hydrogens is 294 g/mol. The fraction of sp³-hybridized carbons (Fsp3) is 0.167. The second-order valence-corrected chi connectivity index (χ2v) is 5.99. The average Bonchev–Trinajstić information content (AvgIpc) is 2.86. The molecule has 0 saturated heterocycles. The second kappa shape index (κ2) is 5.50. The summed E-state index contributed by atoms with van der Waals surface area (Å²) in [5.74, 6) is 0.835. The molecule has 2 aromatic heterocycles. The van der Waals surface area contributed by atoms with Crippen molar-refractivity contribution in [2.24, 2.45) is 7.05 Å². The molecule has 22 heavy (non-hydrogen) atoms. The van der Waals surface area contributed by atoms with Gasteiger partial charge in [0.05, 0.1) is 5.52 Å². The van der Waals surface area contributed by atoms with Crippen molar-refractivity contribution in [3.05, 3.63) is 59.4 Å². The number of nitrogens with zero attached hydrogens (tertiary/aromatic N) is 2. The minimum Gasteiger partial charge on any atom is -0.350 e. The van der Waals surface area contributed by atoms with Crippen molar-refractivity contribution in [2.45, 2.75) is 13.8 Å². The summed E-state index contributed by atoms with van der Waals surface area (Å²) in [6.07, 6.45) is 3.91. The fourth-order valence-corrected chi connectivity index (χ4v) is 2.70. The Hall–Kier alpha value is -2.26. The number of halogens is 1. The standard InChI is InChI=1S/C18H18ClN3/c1-11(2)15-10-20-18(14-7-8-22(4)17(14)15)21-13-5-6-16(19)12(3)9-13/h5-10H,1H2,2-4H3,(H,20,21). The molecule has 0 aliphatic rings. The van der Waals surface area contributed by atoms with Gasteiger partial charge in [-0.1, -0.05) is 18.2 Å². The van der Waals surface area contributed by atoms with Crippen LogP contribution in [0.15, 0.2) is 43.2 Å². The highest BCUT2D eigenvalue weighted by Crippen LogP contribution is 2.31. The van der Waals surface area contributed by atoms with Crippen LogP contribution in [0.5, 0.6) is 0 Å². The zero-order valence-electron chi connectivity index (χ0n) is 12.9. The van der Waals surface area contributed by atoms with E-state index in [4.69, 9.17) is 11.6 Å². The molecule has 3 aromatic rings. The predicted octanol–water partition coefficient (Wildman–Crippen LogP) is 5.31. The Bertz CT molecular complexity index is 877. The van der Waals surface area contributed by atoms with E-state index >= 15 is 0 Å². The molecule has 0 saturated carbocycles. The van der Waals surface area contributed by atoms with Crippen molar-refractivity contribution in [3.8, 4) is 0 Å². The van der Waals surface area contributed by atoms with Crippen molar-refractivity contribution in [1.29, 1.82) is 0 Å². The van der Waals surface area contributed by atoms with Gasteiger partial charge in [0.1, 0.15) is 5.82 Å². The molecule has 0 bridgehead atoms. The Morgan fingerprint density at radius 2 is 2.09 bits per heavy atom. The van der Waals surface area contributed by atoms with Gasteiger partial charge in [0, 0.05) is 41.1 Å². The van der Waals surface area contributed by atoms with E-state index in [1.54, 1.807) is 0 Å². The molecule has 1 aromatic carbocycles. The van der Waals surface area contributed by atoms with Crippen molar-refractivity contribution < 1.29 is 0 Å². The number of nitrogens with one attached hydrogen (secondary N) is 1. The molecule has 0 fully saturated rings. The number of benzene rings is 1. The number of rotatable bonds is 3. The Morgan fingerprint density at radius 3 is 2.77 bits per heavy atom. The van der Waals surface area contributed by atoms with Crippen LogP contribution in [0.3, 0.4) is 0 Å². The van der Waals surface area contributed by atoms with Crippen LogP contribution in [0.4, 0.5) is 11.5 Å². The minimum absolute atomic E-state index is 0.765. The number of hydrogen-bond acceptors (Lipinski definition) is 2. The third-order valence-corrected chi connectivity index (χ3v) is 4.21. The van der Waals surface area contributed by atoms with Crippen LogP contribution in [0, 0.1) is 6.92 Å². The maximum Gasteiger partial charge on any atom is 0.139 e. The van der Waals surface area contributed by atoms with Gasteiger partial charge >= 0.3 is 0 Å². The number of pyridine rings is 1. The fourth-order valence-electron chi connectivity index (χ4n) is 2.59. The third kappa shape index (κ3) is 2.48. The zero-order chi connectivity index (χ0) is 15.9. The van der Waals surface area contributed by atoms with Crippen LogP contribution < -0.4 is 5.32 Å². The third-order valence-electron chi connectivity index (χ3n) is 3.79. The first-order chi connectivity index (χ1) is 10.5. The molecule has 2 heterocycles. The van der Waals surface area contributed by atoms with E-state index < -0.39 is 0 Å². The molecule has 0 spiro atoms. The van der Waals surface area contributed by atoms with Crippen molar-refractivity contribution >= 4 is 39.6 Å². The number of aryl methyl sites for hydroxylation is 2. The number of anilines is 2. The average molecular weight is 312 g/mol. The topological polar surface area (TPSA) is 29.9 Å². The summed E-state index contributed by atoms with van der Waals surface area (Å²) in [5.41, 5.74) is 5.22. The normalized spacial score (nSPS) is 10.9. The molecule has 3 nitrogen and oxygen atoms in total. The zero-order valence-corrected chi connectivity index (χ0v) is 13.7. The SMILES string of the molecule is C=C(C)c1cnc(Nc2ccc(Cl)c(C)c2)c2ccn(C)c12. The van der Waals surface area contributed by atoms with Crippen LogP contribution in [0.2, 0.25) is 5.02 Å². The molecule has 0 unspecified atom stereocenters. The van der Waals surface area contributed by atoms with E-state index in [2.05, 4.69) is 27.5 Å². The van der Waals surface area contributed by atoms with E-state index in [0.717, 1.165) is 44.1 Å². The lowest BCUT2D eigenvalue weighted by molar-refractivity contribution is 0.966. The monoisotopic (exact) mass is 311 g/mol. The van der Waals surface area contributed by atoms with Gasteiger partial charge in [0.15, 0.2) is 0 Å². The maximum atomic E-state index is 6.08. The van der Waals surface area contributed by atoms with Crippen LogP contribution >= 0.6 is 11.6 Å². The quantitative estimate of drug-likeness (QED) is 0.710. The summed E-state index contributed by atoms with van der Waals surface area (Å²) in [6.45, 7) is 8.03. The smallest absolute Gasteiger partial charge is 0.139 e. The lowest BCUT2D eigenvalue weighted by Crippen LogP contribution is -1.98. The molecule has 0 aliphatic carbocycles. The summed E-state index contributed by atoms with van der Waals surface area (Å²) >= 11 is 6.08. The Balaban J connectivity index is 2.10. The Kier molecular flexibility index (Phi) is 3.67. The molecule has 0 radical (unpaired) electrons. The minimum atomic E-state index is 0.765. The van der Waals surface area contributed by atoms with Gasteiger partial charge in [-0.25, -0.2) is 4.98 Å². The van der Waals surface area contributed by atoms with Gasteiger partial charge in [-0.3, -0.25) is 0 Å². The van der Waals surface area contributed by atoms with Gasteiger partial charge in [-0.2, -0.15) is 0 Å². The van der Waals surface area contributed by atoms with E-state index in [1.165, 1.54) is 0 Å². The molecule has 0 atom stereocenters. The highest BCUT2D eigenvalue weighted by Gasteiger charge is 2.11. The molecule has 3 rings (SSSR count). The first kappa shape index (κ1) is 14.7. The van der Waals surface area contributed by atoms with Crippen LogP contribution in [-0.2, 0) is 7.05 Å². The lowest BCUT2D eigenvalue weighted by Gasteiger charge is -2.11. The second-order valence-electron chi connectivity index (χ2n) is 5.58. The van der Waals surface area contributed by atoms with E-state index in [9.17, 15) is 0 Å². The molecular formula is C18H18ClN3. The van der Waals surface area contributed by atoms with E-state index in [0.29, 0.717) is 0 Å². The van der Waals surface area contributed by atoms with Gasteiger partial charge in [-0.15, -0.1) is 0 Å². The van der Waals surface area contributed by atoms with Crippen molar-refractivity contribution in [3.63, 3.8) is 0 Å². The number of hydrogen-bond donors (Lipinski definition) is 1. The van der Waals surface area contributed by atoms with E-state index in [1.807, 2.05) is 51.5 Å². The molecule has 0 amide bonds. The molecule has 4 heteroatoms. The summed E-state index contributed by atoms with van der Waals surface area (Å²) in [7, 11) is 2.03. The van der Waals surface area contributed by atoms with Gasteiger partial charge in [-0.05, 0) is 49.2 Å². The number of aromatic nitrogens is 2. The molecule has 0 aliphatic heterocycles. The first-order valence-electron chi connectivity index (χ1n) is 7.10. The lowest BCUT2D eigenvalue weighted by atomic mass is 10.1. The Labute approximate surface area is 135 Å². The maximum absolute atomic E-state index is 6.08. The molecule has 112 valence electrons. The predicted molar refractivity (Wildman–Crippen MR) is 94.9 cm³/mol. The summed E-state index contributed by atoms with van der Waals surface area (Å²) in [6, 6.07) is 7.94. The van der Waals surface area contributed by atoms with Crippen molar-refractivity contribution in [2.75, 3.05) is 5.32 Å². The van der Waals surface area contributed by atoms with Crippen LogP contribution in [0.25, 0.3) is 16.5 Å². The number of fused-ring (bicyclic) bond motifs is 1. The first-order valence-corrected chi connectivity index (χ1v) is 7.48. The van der Waals surface area contributed by atoms with E-state index in [-0.39, 0.29) is 0 Å². The van der Waals surface area contributed by atoms with Gasteiger partial charge in [0.25, 0.3) is 0 Å². The van der Waals surface area contributed by atoms with Crippen molar-refractivity contribution in [1.82, 2.24) is 9.55 Å². The Morgan fingerprint density at radius 1 is 1.32 bits per heavy atom. The highest BCUT2D eigenvalue weighted by atomic mass is 35.5. The largest absolute Gasteiger partial charge is 0.350 e. The summed E-state index contributed by atoms with van der Waals surface area (Å²) in [4.78, 5) is 4.57. The van der Waals surface area contributed by atoms with Gasteiger partial charge in [0.2, 0.25) is 0 Å². The summed E-state index contributed by atoms with van der Waals surface area (Å²) < 4.78 is 2.10. The summed E-state index contributed by atoms with van der Waals surface area (Å²) in [5, 5.41) is 5.23. The highest BCUT2D eigenvalue weighted by molar-refractivity contribution is 6.31. The number of allylic oxidation sites excluding steroid dienone is 1. The van der Waals surface area contributed by atoms with Crippen LogP contribution in [0.1, 0.15) is 18.1 Å². The van der Waals surface area contributed by atoms with Gasteiger partial charge < -0.3 is 9.88 Å².